The Bertz CT molecular complexity index is 865. The summed E-state index contributed by atoms with van der Waals surface area (Å²) in [5, 5.41) is 11.9. The fourth-order valence-corrected chi connectivity index (χ4v) is 5.17. The van der Waals surface area contributed by atoms with E-state index in [1.165, 1.54) is 10.4 Å². The highest BCUT2D eigenvalue weighted by Gasteiger charge is 2.34. The van der Waals surface area contributed by atoms with Crippen LogP contribution < -0.4 is 5.32 Å². The highest BCUT2D eigenvalue weighted by molar-refractivity contribution is 7.89. The standard InChI is InChI=1S/C15H20N4O4S2/c1-10(20)8-16-15(21)11-4-3-7-19(9-11)25(22,23)13-6-2-5-12-14(13)18-24-17-12/h2,5-6,10-11,20H,3-4,7-9H2,1H3,(H,16,21)/t10-,11-/m1/s1. The Hall–Kier alpha value is -1.62. The number of rotatable bonds is 5. The molecule has 1 amide bonds. The SMILES string of the molecule is C[C@@H](O)CNC(=O)[C@@H]1CCCN(S(=O)(=O)c2cccc3nsnc23)C1. The van der Waals surface area contributed by atoms with E-state index in [1.807, 2.05) is 0 Å². The molecule has 0 radical (unpaired) electrons. The summed E-state index contributed by atoms with van der Waals surface area (Å²) in [7, 11) is -3.75. The Morgan fingerprint density at radius 3 is 3.04 bits per heavy atom. The molecule has 1 aromatic heterocycles. The molecule has 2 atom stereocenters. The minimum Gasteiger partial charge on any atom is -0.392 e. The van der Waals surface area contributed by atoms with Crippen LogP contribution in [0.1, 0.15) is 19.8 Å². The summed E-state index contributed by atoms with van der Waals surface area (Å²) in [6, 6.07) is 4.89. The van der Waals surface area contributed by atoms with Gasteiger partial charge in [-0.05, 0) is 31.9 Å². The van der Waals surface area contributed by atoms with E-state index in [1.54, 1.807) is 19.1 Å². The molecule has 2 heterocycles. The zero-order valence-electron chi connectivity index (χ0n) is 13.8. The van der Waals surface area contributed by atoms with Gasteiger partial charge in [-0.1, -0.05) is 6.07 Å². The van der Waals surface area contributed by atoms with Crippen molar-refractivity contribution in [3.63, 3.8) is 0 Å². The zero-order valence-corrected chi connectivity index (χ0v) is 15.4. The first-order valence-corrected chi connectivity index (χ1v) is 10.2. The van der Waals surface area contributed by atoms with Crippen molar-refractivity contribution in [3.05, 3.63) is 18.2 Å². The van der Waals surface area contributed by atoms with Crippen LogP contribution in [-0.4, -0.2) is 58.2 Å². The van der Waals surface area contributed by atoms with Gasteiger partial charge in [-0.15, -0.1) is 0 Å². The first-order valence-electron chi connectivity index (χ1n) is 8.07. The van der Waals surface area contributed by atoms with Crippen molar-refractivity contribution in [2.24, 2.45) is 5.92 Å². The number of hydrogen-bond acceptors (Lipinski definition) is 7. The van der Waals surface area contributed by atoms with Crippen molar-refractivity contribution >= 4 is 38.7 Å². The number of sulfonamides is 1. The molecule has 1 aliphatic heterocycles. The van der Waals surface area contributed by atoms with Crippen molar-refractivity contribution in [1.82, 2.24) is 18.4 Å². The lowest BCUT2D eigenvalue weighted by molar-refractivity contribution is -0.126. The van der Waals surface area contributed by atoms with Crippen LogP contribution in [0.3, 0.4) is 0 Å². The number of fused-ring (bicyclic) bond motifs is 1. The number of aliphatic hydroxyl groups is 1. The molecule has 3 rings (SSSR count). The fourth-order valence-electron chi connectivity index (χ4n) is 2.90. The van der Waals surface area contributed by atoms with Crippen LogP contribution in [0, 0.1) is 5.92 Å². The summed E-state index contributed by atoms with van der Waals surface area (Å²) in [6.45, 7) is 2.24. The third-order valence-electron chi connectivity index (χ3n) is 4.19. The number of nitrogens with zero attached hydrogens (tertiary/aromatic N) is 3. The van der Waals surface area contributed by atoms with Crippen molar-refractivity contribution in [3.8, 4) is 0 Å². The van der Waals surface area contributed by atoms with Crippen LogP contribution in [0.4, 0.5) is 0 Å². The molecule has 0 unspecified atom stereocenters. The third-order valence-corrected chi connectivity index (χ3v) is 6.63. The van der Waals surface area contributed by atoms with Crippen molar-refractivity contribution in [2.75, 3.05) is 19.6 Å². The van der Waals surface area contributed by atoms with Crippen molar-refractivity contribution in [2.45, 2.75) is 30.8 Å². The number of carbonyl (C=O) groups is 1. The molecule has 2 N–H and O–H groups in total. The van der Waals surface area contributed by atoms with Crippen LogP contribution >= 0.6 is 11.7 Å². The van der Waals surface area contributed by atoms with Crippen LogP contribution in [0.15, 0.2) is 23.1 Å². The Morgan fingerprint density at radius 2 is 2.28 bits per heavy atom. The molecule has 136 valence electrons. The Labute approximate surface area is 150 Å². The topological polar surface area (TPSA) is 112 Å². The van der Waals surface area contributed by atoms with Gasteiger partial charge in [-0.25, -0.2) is 8.42 Å². The first-order chi connectivity index (χ1) is 11.9. The average molecular weight is 384 g/mol. The van der Waals surface area contributed by atoms with E-state index < -0.39 is 22.0 Å². The van der Waals surface area contributed by atoms with Gasteiger partial charge in [-0.2, -0.15) is 13.1 Å². The number of hydrogen-bond donors (Lipinski definition) is 2. The van der Waals surface area contributed by atoms with Crippen LogP contribution in [0.25, 0.3) is 11.0 Å². The monoisotopic (exact) mass is 384 g/mol. The van der Waals surface area contributed by atoms with Crippen LogP contribution in [-0.2, 0) is 14.8 Å². The maximum Gasteiger partial charge on any atom is 0.245 e. The number of aromatic nitrogens is 2. The van der Waals surface area contributed by atoms with E-state index >= 15 is 0 Å². The summed E-state index contributed by atoms with van der Waals surface area (Å²) in [6.07, 6.45) is 0.597. The summed E-state index contributed by atoms with van der Waals surface area (Å²) in [5.41, 5.74) is 0.919. The normalized spacial score (nSPS) is 20.5. The van der Waals surface area contributed by atoms with E-state index in [2.05, 4.69) is 14.1 Å². The molecule has 1 fully saturated rings. The second kappa shape index (κ2) is 7.32. The highest BCUT2D eigenvalue weighted by atomic mass is 32.2. The fraction of sp³-hybridized carbons (Fsp3) is 0.533. The summed E-state index contributed by atoms with van der Waals surface area (Å²) in [5.74, 6) is -0.649. The smallest absolute Gasteiger partial charge is 0.245 e. The number of carbonyl (C=O) groups excluding carboxylic acids is 1. The second-order valence-electron chi connectivity index (χ2n) is 6.18. The predicted octanol–water partition coefficient (Wildman–Crippen LogP) is 0.589. The quantitative estimate of drug-likeness (QED) is 0.780. The van der Waals surface area contributed by atoms with E-state index in [4.69, 9.17) is 0 Å². The lowest BCUT2D eigenvalue weighted by Crippen LogP contribution is -2.46. The van der Waals surface area contributed by atoms with Gasteiger partial charge < -0.3 is 10.4 Å². The zero-order chi connectivity index (χ0) is 18.0. The number of piperidine rings is 1. The molecule has 0 spiro atoms. The maximum absolute atomic E-state index is 13.0. The van der Waals surface area contributed by atoms with Crippen molar-refractivity contribution in [1.29, 1.82) is 0 Å². The number of nitrogens with one attached hydrogen (secondary N) is 1. The molecule has 25 heavy (non-hydrogen) atoms. The molecule has 1 aromatic carbocycles. The van der Waals surface area contributed by atoms with E-state index in [0.29, 0.717) is 30.4 Å². The van der Waals surface area contributed by atoms with Crippen molar-refractivity contribution < 1.29 is 18.3 Å². The maximum atomic E-state index is 13.0. The van der Waals surface area contributed by atoms with Crippen LogP contribution in [0.5, 0.6) is 0 Å². The molecule has 0 bridgehead atoms. The number of benzene rings is 1. The van der Waals surface area contributed by atoms with Gasteiger partial charge in [0.15, 0.2) is 0 Å². The first kappa shape index (κ1) is 18.2. The van der Waals surface area contributed by atoms with Gasteiger partial charge in [0.2, 0.25) is 15.9 Å². The van der Waals surface area contributed by atoms with Crippen LogP contribution in [0.2, 0.25) is 0 Å². The Morgan fingerprint density at radius 1 is 1.48 bits per heavy atom. The lowest BCUT2D eigenvalue weighted by atomic mass is 9.99. The molecule has 2 aromatic rings. The second-order valence-corrected chi connectivity index (χ2v) is 8.62. The van der Waals surface area contributed by atoms with E-state index in [9.17, 15) is 18.3 Å². The molecule has 1 saturated heterocycles. The summed E-state index contributed by atoms with van der Waals surface area (Å²) < 4.78 is 35.6. The lowest BCUT2D eigenvalue weighted by Gasteiger charge is -2.31. The molecule has 0 aliphatic carbocycles. The number of aliphatic hydroxyl groups excluding tert-OH is 1. The van der Waals surface area contributed by atoms with E-state index in [0.717, 1.165) is 11.7 Å². The van der Waals surface area contributed by atoms with Gasteiger partial charge in [0, 0.05) is 19.6 Å². The molecule has 10 heteroatoms. The molecule has 1 aliphatic rings. The summed E-state index contributed by atoms with van der Waals surface area (Å²) >= 11 is 0.974. The Kier molecular flexibility index (Phi) is 5.32. The molecular formula is C15H20N4O4S2. The van der Waals surface area contributed by atoms with Gasteiger partial charge in [0.25, 0.3) is 0 Å². The largest absolute Gasteiger partial charge is 0.392 e. The van der Waals surface area contributed by atoms with Gasteiger partial charge in [0.05, 0.1) is 23.8 Å². The predicted molar refractivity (Wildman–Crippen MR) is 93.6 cm³/mol. The third kappa shape index (κ3) is 3.81. The summed E-state index contributed by atoms with van der Waals surface area (Å²) in [4.78, 5) is 12.3. The Balaban J connectivity index is 1.80. The number of amides is 1. The van der Waals surface area contributed by atoms with Gasteiger partial charge in [-0.3, -0.25) is 4.79 Å². The molecule has 8 nitrogen and oxygen atoms in total. The minimum atomic E-state index is -3.75. The highest BCUT2D eigenvalue weighted by Crippen LogP contribution is 2.28. The van der Waals surface area contributed by atoms with Gasteiger partial charge >= 0.3 is 0 Å². The van der Waals surface area contributed by atoms with Gasteiger partial charge in [0.1, 0.15) is 15.9 Å². The average Bonchev–Trinajstić information content (AvgIpc) is 3.08. The molecule has 0 saturated carbocycles. The molecular weight excluding hydrogens is 364 g/mol. The van der Waals surface area contributed by atoms with E-state index in [-0.39, 0.29) is 23.9 Å². The minimum absolute atomic E-state index is 0.127.